The second-order valence-corrected chi connectivity index (χ2v) is 5.99. The van der Waals surface area contributed by atoms with E-state index >= 15 is 0 Å². The van der Waals surface area contributed by atoms with Gasteiger partial charge in [-0.2, -0.15) is 0 Å². The van der Waals surface area contributed by atoms with Crippen LogP contribution in [0.15, 0.2) is 24.3 Å². The number of rotatable bonds is 4. The highest BCUT2D eigenvalue weighted by atomic mass is 14.9. The van der Waals surface area contributed by atoms with Crippen LogP contribution in [0.5, 0.6) is 0 Å². The number of fused-ring (bicyclic) bond motifs is 2. The minimum Gasteiger partial charge on any atom is -0.312 e. The fourth-order valence-corrected chi connectivity index (χ4v) is 3.83. The van der Waals surface area contributed by atoms with Gasteiger partial charge in [0.15, 0.2) is 0 Å². The van der Waals surface area contributed by atoms with E-state index in [1.165, 1.54) is 43.4 Å². The number of hydrogen-bond acceptors (Lipinski definition) is 1. The van der Waals surface area contributed by atoms with Crippen LogP contribution in [-0.4, -0.2) is 6.54 Å². The minimum absolute atomic E-state index is 0.970. The van der Waals surface area contributed by atoms with Crippen molar-refractivity contribution >= 4 is 0 Å². The Bertz CT molecular complexity index is 385. The first-order valence-corrected chi connectivity index (χ1v) is 7.08. The van der Waals surface area contributed by atoms with Gasteiger partial charge in [0.25, 0.3) is 0 Å². The van der Waals surface area contributed by atoms with Crippen LogP contribution in [-0.2, 0) is 6.54 Å². The first-order chi connectivity index (χ1) is 8.33. The van der Waals surface area contributed by atoms with Crippen LogP contribution < -0.4 is 5.32 Å². The van der Waals surface area contributed by atoms with Crippen LogP contribution in [0, 0.1) is 24.7 Å². The predicted molar refractivity (Wildman–Crippen MR) is 71.8 cm³/mol. The quantitative estimate of drug-likeness (QED) is 0.833. The summed E-state index contributed by atoms with van der Waals surface area (Å²) in [6.45, 7) is 4.48. The molecule has 2 aliphatic rings. The van der Waals surface area contributed by atoms with Crippen LogP contribution in [0.1, 0.15) is 36.8 Å². The van der Waals surface area contributed by atoms with Gasteiger partial charge in [-0.15, -0.1) is 0 Å². The minimum atomic E-state index is 0.970. The van der Waals surface area contributed by atoms with E-state index in [4.69, 9.17) is 0 Å². The number of hydrogen-bond donors (Lipinski definition) is 1. The predicted octanol–water partition coefficient (Wildman–Crippen LogP) is 3.52. The molecule has 2 saturated carbocycles. The molecule has 17 heavy (non-hydrogen) atoms. The standard InChI is InChI=1S/C16H23N/c1-12-4-2-3-5-15(12)10-17-11-16-9-13-6-7-14(16)8-13/h2-5,13-14,16-17H,6-11H2,1H3. The molecule has 3 unspecified atom stereocenters. The molecule has 0 aliphatic heterocycles. The van der Waals surface area contributed by atoms with Crippen LogP contribution in [0.2, 0.25) is 0 Å². The van der Waals surface area contributed by atoms with E-state index < -0.39 is 0 Å². The molecule has 92 valence electrons. The molecule has 2 fully saturated rings. The molecule has 0 aromatic heterocycles. The number of aryl methyl sites for hydroxylation is 1. The highest BCUT2D eigenvalue weighted by Crippen LogP contribution is 2.47. The number of nitrogens with one attached hydrogen (secondary N) is 1. The van der Waals surface area contributed by atoms with Gasteiger partial charge in [-0.05, 0) is 61.6 Å². The van der Waals surface area contributed by atoms with Crippen molar-refractivity contribution in [1.29, 1.82) is 0 Å². The van der Waals surface area contributed by atoms with Gasteiger partial charge < -0.3 is 5.32 Å². The molecule has 1 aromatic carbocycles. The van der Waals surface area contributed by atoms with Crippen molar-refractivity contribution in [3.05, 3.63) is 35.4 Å². The molecular weight excluding hydrogens is 206 g/mol. The van der Waals surface area contributed by atoms with E-state index in [2.05, 4.69) is 36.5 Å². The van der Waals surface area contributed by atoms with Gasteiger partial charge >= 0.3 is 0 Å². The van der Waals surface area contributed by atoms with Crippen molar-refractivity contribution in [3.8, 4) is 0 Å². The Hall–Kier alpha value is -0.820. The van der Waals surface area contributed by atoms with Gasteiger partial charge in [-0.25, -0.2) is 0 Å². The maximum absolute atomic E-state index is 3.67. The maximum atomic E-state index is 3.67. The lowest BCUT2D eigenvalue weighted by Crippen LogP contribution is -2.26. The summed E-state index contributed by atoms with van der Waals surface area (Å²) in [5.41, 5.74) is 2.86. The molecule has 0 heterocycles. The second-order valence-electron chi connectivity index (χ2n) is 5.99. The Morgan fingerprint density at radius 1 is 1.18 bits per heavy atom. The van der Waals surface area contributed by atoms with Crippen LogP contribution >= 0.6 is 0 Å². The zero-order valence-corrected chi connectivity index (χ0v) is 10.8. The summed E-state index contributed by atoms with van der Waals surface area (Å²) in [5.74, 6) is 3.09. The summed E-state index contributed by atoms with van der Waals surface area (Å²) in [6, 6.07) is 8.70. The molecule has 1 nitrogen and oxygen atoms in total. The first-order valence-electron chi connectivity index (χ1n) is 7.08. The van der Waals surface area contributed by atoms with Gasteiger partial charge in [0.2, 0.25) is 0 Å². The molecular formula is C16H23N. The van der Waals surface area contributed by atoms with Gasteiger partial charge in [0, 0.05) is 6.54 Å². The van der Waals surface area contributed by atoms with E-state index in [1.54, 1.807) is 0 Å². The summed E-state index contributed by atoms with van der Waals surface area (Å²) in [5, 5.41) is 3.67. The lowest BCUT2D eigenvalue weighted by Gasteiger charge is -2.22. The third kappa shape index (κ3) is 2.40. The van der Waals surface area contributed by atoms with Crippen molar-refractivity contribution in [2.75, 3.05) is 6.54 Å². The molecule has 1 N–H and O–H groups in total. The molecule has 1 aromatic rings. The highest BCUT2D eigenvalue weighted by Gasteiger charge is 2.38. The monoisotopic (exact) mass is 229 g/mol. The van der Waals surface area contributed by atoms with Crippen LogP contribution in [0.25, 0.3) is 0 Å². The molecule has 0 spiro atoms. The van der Waals surface area contributed by atoms with Crippen LogP contribution in [0.3, 0.4) is 0 Å². The SMILES string of the molecule is Cc1ccccc1CNCC1CC2CCC1C2. The Labute approximate surface area is 105 Å². The zero-order chi connectivity index (χ0) is 11.7. The van der Waals surface area contributed by atoms with Crippen molar-refractivity contribution in [2.45, 2.75) is 39.2 Å². The highest BCUT2D eigenvalue weighted by molar-refractivity contribution is 5.25. The van der Waals surface area contributed by atoms with Crippen molar-refractivity contribution in [3.63, 3.8) is 0 Å². The zero-order valence-electron chi connectivity index (χ0n) is 10.8. The normalized spacial score (nSPS) is 31.0. The third-order valence-corrected chi connectivity index (χ3v) is 4.87. The molecule has 3 rings (SSSR count). The lowest BCUT2D eigenvalue weighted by molar-refractivity contribution is 0.318. The largest absolute Gasteiger partial charge is 0.312 e. The maximum Gasteiger partial charge on any atom is 0.0208 e. The molecule has 0 amide bonds. The van der Waals surface area contributed by atoms with Gasteiger partial charge in [-0.1, -0.05) is 30.7 Å². The van der Waals surface area contributed by atoms with E-state index in [0.29, 0.717) is 0 Å². The average Bonchev–Trinajstić information content (AvgIpc) is 2.94. The Balaban J connectivity index is 1.48. The molecule has 0 saturated heterocycles. The molecule has 0 radical (unpaired) electrons. The van der Waals surface area contributed by atoms with Crippen molar-refractivity contribution < 1.29 is 0 Å². The summed E-state index contributed by atoms with van der Waals surface area (Å²) >= 11 is 0. The Morgan fingerprint density at radius 2 is 2.06 bits per heavy atom. The van der Waals surface area contributed by atoms with E-state index in [-0.39, 0.29) is 0 Å². The smallest absolute Gasteiger partial charge is 0.0208 e. The average molecular weight is 229 g/mol. The van der Waals surface area contributed by atoms with E-state index in [0.717, 1.165) is 24.3 Å². The van der Waals surface area contributed by atoms with E-state index in [1.807, 2.05) is 0 Å². The third-order valence-electron chi connectivity index (χ3n) is 4.87. The fraction of sp³-hybridized carbons (Fsp3) is 0.625. The van der Waals surface area contributed by atoms with Gasteiger partial charge in [0.1, 0.15) is 0 Å². The summed E-state index contributed by atoms with van der Waals surface area (Å²) < 4.78 is 0. The van der Waals surface area contributed by atoms with E-state index in [9.17, 15) is 0 Å². The number of benzene rings is 1. The summed E-state index contributed by atoms with van der Waals surface area (Å²) in [4.78, 5) is 0. The Kier molecular flexibility index (Phi) is 3.19. The van der Waals surface area contributed by atoms with Gasteiger partial charge in [-0.3, -0.25) is 0 Å². The summed E-state index contributed by atoms with van der Waals surface area (Å²) in [7, 11) is 0. The molecule has 1 heteroatoms. The second kappa shape index (κ2) is 4.81. The first kappa shape index (κ1) is 11.3. The summed E-state index contributed by atoms with van der Waals surface area (Å²) in [6.07, 6.45) is 6.03. The molecule has 3 atom stereocenters. The lowest BCUT2D eigenvalue weighted by atomic mass is 9.89. The van der Waals surface area contributed by atoms with Crippen LogP contribution in [0.4, 0.5) is 0 Å². The van der Waals surface area contributed by atoms with Gasteiger partial charge in [0.05, 0.1) is 0 Å². The molecule has 2 bridgehead atoms. The molecule has 2 aliphatic carbocycles. The Morgan fingerprint density at radius 3 is 2.76 bits per heavy atom. The fourth-order valence-electron chi connectivity index (χ4n) is 3.83. The van der Waals surface area contributed by atoms with Crippen molar-refractivity contribution in [2.24, 2.45) is 17.8 Å². The topological polar surface area (TPSA) is 12.0 Å². The van der Waals surface area contributed by atoms with Crippen molar-refractivity contribution in [1.82, 2.24) is 5.32 Å².